The molecule has 3 rings (SSSR count). The molecular weight excluding hydrogens is 310 g/mol. The first-order valence-electron chi connectivity index (χ1n) is 8.66. The van der Waals surface area contributed by atoms with Gasteiger partial charge in [0.25, 0.3) is 0 Å². The second-order valence-corrected chi connectivity index (χ2v) is 6.12. The van der Waals surface area contributed by atoms with Crippen LogP contribution in [0.4, 0.5) is 0 Å². The summed E-state index contributed by atoms with van der Waals surface area (Å²) in [6, 6.07) is 16.8. The van der Waals surface area contributed by atoms with E-state index >= 15 is 0 Å². The van der Waals surface area contributed by atoms with Gasteiger partial charge in [0.1, 0.15) is 0 Å². The Bertz CT molecular complexity index is 833. The minimum absolute atomic E-state index is 0.770. The molecule has 5 nitrogen and oxygen atoms in total. The molecule has 3 aromatic rings. The number of fused-ring (bicyclic) bond motifs is 1. The normalized spacial score (nSPS) is 11.7. The Labute approximate surface area is 148 Å². The van der Waals surface area contributed by atoms with Gasteiger partial charge in [0.2, 0.25) is 0 Å². The van der Waals surface area contributed by atoms with Crippen LogP contribution < -0.4 is 10.6 Å². The van der Waals surface area contributed by atoms with Crippen molar-refractivity contribution in [2.24, 2.45) is 4.99 Å². The van der Waals surface area contributed by atoms with E-state index in [0.29, 0.717) is 0 Å². The highest BCUT2D eigenvalue weighted by Gasteiger charge is 2.02. The standard InChI is InChI=1S/C20H25N5/c1-16-8-10-17(11-9-16)14-23-20(21-2)22-12-5-13-25-15-24-18-6-3-4-7-19(18)25/h3-4,6-11,15H,5,12-14H2,1-2H3,(H2,21,22,23). The summed E-state index contributed by atoms with van der Waals surface area (Å²) in [7, 11) is 1.80. The van der Waals surface area contributed by atoms with E-state index in [1.54, 1.807) is 7.05 Å². The van der Waals surface area contributed by atoms with E-state index in [0.717, 1.165) is 37.5 Å². The molecule has 0 saturated carbocycles. The lowest BCUT2D eigenvalue weighted by Crippen LogP contribution is -2.37. The minimum atomic E-state index is 0.770. The molecular formula is C20H25N5. The van der Waals surface area contributed by atoms with Crippen molar-refractivity contribution in [3.05, 3.63) is 66.0 Å². The van der Waals surface area contributed by atoms with E-state index in [9.17, 15) is 0 Å². The largest absolute Gasteiger partial charge is 0.356 e. The molecule has 1 heterocycles. The highest BCUT2D eigenvalue weighted by Crippen LogP contribution is 2.11. The van der Waals surface area contributed by atoms with Gasteiger partial charge in [-0.25, -0.2) is 4.98 Å². The minimum Gasteiger partial charge on any atom is -0.356 e. The lowest BCUT2D eigenvalue weighted by Gasteiger charge is -2.12. The highest BCUT2D eigenvalue weighted by atomic mass is 15.2. The number of aryl methyl sites for hydroxylation is 2. The molecule has 1 aromatic heterocycles. The fourth-order valence-corrected chi connectivity index (χ4v) is 2.76. The molecule has 0 spiro atoms. The van der Waals surface area contributed by atoms with Crippen molar-refractivity contribution in [1.29, 1.82) is 0 Å². The van der Waals surface area contributed by atoms with E-state index < -0.39 is 0 Å². The van der Waals surface area contributed by atoms with Gasteiger partial charge in [0, 0.05) is 26.7 Å². The lowest BCUT2D eigenvalue weighted by atomic mass is 10.1. The zero-order valence-electron chi connectivity index (χ0n) is 14.9. The van der Waals surface area contributed by atoms with Gasteiger partial charge < -0.3 is 15.2 Å². The maximum absolute atomic E-state index is 4.42. The second-order valence-electron chi connectivity index (χ2n) is 6.12. The molecule has 0 aliphatic carbocycles. The summed E-state index contributed by atoms with van der Waals surface area (Å²) in [5.74, 6) is 0.830. The molecule has 0 radical (unpaired) electrons. The van der Waals surface area contributed by atoms with E-state index in [1.807, 2.05) is 18.5 Å². The Morgan fingerprint density at radius 3 is 2.68 bits per heavy atom. The van der Waals surface area contributed by atoms with Crippen molar-refractivity contribution in [3.8, 4) is 0 Å². The van der Waals surface area contributed by atoms with Gasteiger partial charge in [-0.15, -0.1) is 0 Å². The molecule has 25 heavy (non-hydrogen) atoms. The predicted molar refractivity (Wildman–Crippen MR) is 104 cm³/mol. The first-order valence-corrected chi connectivity index (χ1v) is 8.66. The van der Waals surface area contributed by atoms with Gasteiger partial charge in [-0.3, -0.25) is 4.99 Å². The first kappa shape index (κ1) is 17.0. The van der Waals surface area contributed by atoms with E-state index in [1.165, 1.54) is 16.6 Å². The summed E-state index contributed by atoms with van der Waals surface area (Å²) >= 11 is 0. The molecule has 0 saturated heterocycles. The molecule has 5 heteroatoms. The van der Waals surface area contributed by atoms with Gasteiger partial charge in [-0.1, -0.05) is 42.0 Å². The molecule has 0 atom stereocenters. The molecule has 0 aliphatic rings. The SMILES string of the molecule is CN=C(NCCCn1cnc2ccccc21)NCc1ccc(C)cc1. The summed E-state index contributed by atoms with van der Waals surface area (Å²) in [6.07, 6.45) is 2.92. The number of para-hydroxylation sites is 2. The Hall–Kier alpha value is -2.82. The molecule has 0 amide bonds. The van der Waals surface area contributed by atoms with Crippen molar-refractivity contribution in [1.82, 2.24) is 20.2 Å². The van der Waals surface area contributed by atoms with Crippen LogP contribution in [-0.2, 0) is 13.1 Å². The summed E-state index contributed by atoms with van der Waals surface area (Å²) in [5.41, 5.74) is 4.76. The molecule has 2 aromatic carbocycles. The van der Waals surface area contributed by atoms with Crippen LogP contribution in [0, 0.1) is 6.92 Å². The number of aliphatic imine (C=N–C) groups is 1. The number of aromatic nitrogens is 2. The van der Waals surface area contributed by atoms with Gasteiger partial charge in [0.05, 0.1) is 17.4 Å². The third kappa shape index (κ3) is 4.59. The van der Waals surface area contributed by atoms with Crippen molar-refractivity contribution in [2.45, 2.75) is 26.4 Å². The van der Waals surface area contributed by atoms with Crippen molar-refractivity contribution in [2.75, 3.05) is 13.6 Å². The quantitative estimate of drug-likeness (QED) is 0.413. The third-order valence-corrected chi connectivity index (χ3v) is 4.20. The van der Waals surface area contributed by atoms with Crippen molar-refractivity contribution < 1.29 is 0 Å². The maximum Gasteiger partial charge on any atom is 0.191 e. The Kier molecular flexibility index (Phi) is 5.67. The van der Waals surface area contributed by atoms with Crippen LogP contribution in [0.15, 0.2) is 59.9 Å². The first-order chi connectivity index (χ1) is 12.3. The predicted octanol–water partition coefficient (Wildman–Crippen LogP) is 3.10. The second kappa shape index (κ2) is 8.33. The Morgan fingerprint density at radius 1 is 1.08 bits per heavy atom. The highest BCUT2D eigenvalue weighted by molar-refractivity contribution is 5.79. The van der Waals surface area contributed by atoms with Crippen LogP contribution in [-0.4, -0.2) is 29.1 Å². The van der Waals surface area contributed by atoms with Gasteiger partial charge >= 0.3 is 0 Å². The topological polar surface area (TPSA) is 54.2 Å². The van der Waals surface area contributed by atoms with E-state index in [4.69, 9.17) is 0 Å². The Morgan fingerprint density at radius 2 is 1.88 bits per heavy atom. The number of hydrogen-bond acceptors (Lipinski definition) is 2. The summed E-state index contributed by atoms with van der Waals surface area (Å²) in [6.45, 7) is 4.66. The van der Waals surface area contributed by atoms with Crippen LogP contribution in [0.5, 0.6) is 0 Å². The maximum atomic E-state index is 4.42. The molecule has 2 N–H and O–H groups in total. The molecule has 0 fully saturated rings. The molecule has 130 valence electrons. The number of nitrogens with zero attached hydrogens (tertiary/aromatic N) is 3. The summed E-state index contributed by atoms with van der Waals surface area (Å²) in [5, 5.41) is 6.71. The van der Waals surface area contributed by atoms with Crippen LogP contribution >= 0.6 is 0 Å². The molecule has 0 aliphatic heterocycles. The zero-order chi connectivity index (χ0) is 17.5. The molecule has 0 unspecified atom stereocenters. The number of hydrogen-bond donors (Lipinski definition) is 2. The average Bonchev–Trinajstić information content (AvgIpc) is 3.06. The Balaban J connectivity index is 1.43. The van der Waals surface area contributed by atoms with E-state index in [-0.39, 0.29) is 0 Å². The number of rotatable bonds is 6. The smallest absolute Gasteiger partial charge is 0.191 e. The van der Waals surface area contributed by atoms with Crippen LogP contribution in [0.1, 0.15) is 17.5 Å². The average molecular weight is 335 g/mol. The van der Waals surface area contributed by atoms with Crippen LogP contribution in [0.25, 0.3) is 11.0 Å². The van der Waals surface area contributed by atoms with Crippen molar-refractivity contribution >= 4 is 17.0 Å². The van der Waals surface area contributed by atoms with Crippen LogP contribution in [0.3, 0.4) is 0 Å². The van der Waals surface area contributed by atoms with Crippen LogP contribution in [0.2, 0.25) is 0 Å². The monoisotopic (exact) mass is 335 g/mol. The number of benzene rings is 2. The van der Waals surface area contributed by atoms with Crippen molar-refractivity contribution in [3.63, 3.8) is 0 Å². The number of nitrogens with one attached hydrogen (secondary N) is 2. The fraction of sp³-hybridized carbons (Fsp3) is 0.300. The third-order valence-electron chi connectivity index (χ3n) is 4.20. The number of guanidine groups is 1. The molecule has 0 bridgehead atoms. The van der Waals surface area contributed by atoms with E-state index in [2.05, 4.69) is 68.5 Å². The van der Waals surface area contributed by atoms with Gasteiger partial charge in [0.15, 0.2) is 5.96 Å². The van der Waals surface area contributed by atoms with Gasteiger partial charge in [-0.05, 0) is 31.0 Å². The fourth-order valence-electron chi connectivity index (χ4n) is 2.76. The van der Waals surface area contributed by atoms with Gasteiger partial charge in [-0.2, -0.15) is 0 Å². The zero-order valence-corrected chi connectivity index (χ0v) is 14.9. The lowest BCUT2D eigenvalue weighted by molar-refractivity contribution is 0.637. The summed E-state index contributed by atoms with van der Waals surface area (Å²) in [4.78, 5) is 8.70. The summed E-state index contributed by atoms with van der Waals surface area (Å²) < 4.78 is 2.19. The number of imidazole rings is 1.